The summed E-state index contributed by atoms with van der Waals surface area (Å²) in [6.07, 6.45) is 6.18. The molecule has 1 N–H and O–H groups in total. The number of hydrogen-bond acceptors (Lipinski definition) is 2. The maximum absolute atomic E-state index is 11.3. The van der Waals surface area contributed by atoms with Crippen molar-refractivity contribution >= 4 is 5.97 Å². The van der Waals surface area contributed by atoms with E-state index >= 15 is 0 Å². The highest BCUT2D eigenvalue weighted by Gasteiger charge is 2.29. The van der Waals surface area contributed by atoms with E-state index in [0.29, 0.717) is 6.04 Å². The van der Waals surface area contributed by atoms with E-state index in [1.165, 1.54) is 12.8 Å². The average molecular weight is 270 g/mol. The molecule has 0 bridgehead atoms. The summed E-state index contributed by atoms with van der Waals surface area (Å²) in [6.45, 7) is 3.44. The van der Waals surface area contributed by atoms with Crippen LogP contribution in [0, 0.1) is 0 Å². The van der Waals surface area contributed by atoms with Crippen LogP contribution in [0.15, 0.2) is 36.8 Å². The lowest BCUT2D eigenvalue weighted by Crippen LogP contribution is -2.28. The first-order chi connectivity index (χ1) is 9.50. The van der Waals surface area contributed by atoms with Gasteiger partial charge in [-0.15, -0.1) is 0 Å². The Morgan fingerprint density at radius 1 is 1.30 bits per heavy atom. The van der Waals surface area contributed by atoms with Gasteiger partial charge in [0, 0.05) is 6.04 Å². The van der Waals surface area contributed by atoms with Crippen molar-refractivity contribution in [3.8, 4) is 11.3 Å². The maximum atomic E-state index is 11.3. The molecule has 0 amide bonds. The molecule has 1 aromatic carbocycles. The van der Waals surface area contributed by atoms with Gasteiger partial charge in [-0.2, -0.15) is 0 Å². The molecule has 0 aliphatic heterocycles. The van der Waals surface area contributed by atoms with Crippen molar-refractivity contribution in [2.75, 3.05) is 0 Å². The number of benzene rings is 1. The third-order valence-corrected chi connectivity index (χ3v) is 4.04. The van der Waals surface area contributed by atoms with E-state index in [4.69, 9.17) is 0 Å². The maximum Gasteiger partial charge on any atom is 0.313 e. The second-order valence-electron chi connectivity index (χ2n) is 5.92. The van der Waals surface area contributed by atoms with E-state index in [2.05, 4.69) is 9.55 Å². The Bertz CT molecular complexity index is 637. The van der Waals surface area contributed by atoms with Crippen molar-refractivity contribution in [2.24, 2.45) is 0 Å². The van der Waals surface area contributed by atoms with Crippen LogP contribution in [-0.2, 0) is 10.2 Å². The summed E-state index contributed by atoms with van der Waals surface area (Å²) in [5.41, 5.74) is 2.13. The summed E-state index contributed by atoms with van der Waals surface area (Å²) in [7, 11) is 0. The van der Waals surface area contributed by atoms with Gasteiger partial charge < -0.3 is 9.67 Å². The first kappa shape index (κ1) is 12.9. The first-order valence-electron chi connectivity index (χ1n) is 6.86. The quantitative estimate of drug-likeness (QED) is 0.927. The fourth-order valence-electron chi connectivity index (χ4n) is 2.35. The molecule has 0 saturated heterocycles. The lowest BCUT2D eigenvalue weighted by atomic mass is 9.84. The van der Waals surface area contributed by atoms with Crippen molar-refractivity contribution in [1.82, 2.24) is 9.55 Å². The predicted molar refractivity (Wildman–Crippen MR) is 76.6 cm³/mol. The molecule has 1 aromatic heterocycles. The SMILES string of the molecule is CC(C)(C(=O)O)c1ccc(-c2cncn2C2CC2)cc1. The second kappa shape index (κ2) is 4.47. The van der Waals surface area contributed by atoms with E-state index in [-0.39, 0.29) is 0 Å². The third-order valence-electron chi connectivity index (χ3n) is 4.04. The molecular formula is C16H18N2O2. The molecule has 2 aromatic rings. The summed E-state index contributed by atoms with van der Waals surface area (Å²) in [4.78, 5) is 15.5. The number of aromatic nitrogens is 2. The van der Waals surface area contributed by atoms with E-state index in [0.717, 1.165) is 16.8 Å². The van der Waals surface area contributed by atoms with Gasteiger partial charge in [0.2, 0.25) is 0 Å². The Kier molecular flexibility index (Phi) is 2.89. The zero-order valence-corrected chi connectivity index (χ0v) is 11.7. The van der Waals surface area contributed by atoms with Gasteiger partial charge in [-0.25, -0.2) is 4.98 Å². The molecule has 4 nitrogen and oxygen atoms in total. The summed E-state index contributed by atoms with van der Waals surface area (Å²) in [5.74, 6) is -0.812. The normalized spacial score (nSPS) is 15.3. The lowest BCUT2D eigenvalue weighted by Gasteiger charge is -2.20. The van der Waals surface area contributed by atoms with E-state index in [1.807, 2.05) is 36.8 Å². The van der Waals surface area contributed by atoms with Gasteiger partial charge in [0.15, 0.2) is 0 Å². The number of aliphatic carboxylic acids is 1. The highest BCUT2D eigenvalue weighted by atomic mass is 16.4. The molecular weight excluding hydrogens is 252 g/mol. The van der Waals surface area contributed by atoms with Crippen molar-refractivity contribution in [3.05, 3.63) is 42.4 Å². The lowest BCUT2D eigenvalue weighted by molar-refractivity contribution is -0.142. The highest BCUT2D eigenvalue weighted by Crippen LogP contribution is 2.38. The van der Waals surface area contributed by atoms with Crippen molar-refractivity contribution < 1.29 is 9.90 Å². The van der Waals surface area contributed by atoms with Crippen LogP contribution in [-0.4, -0.2) is 20.6 Å². The van der Waals surface area contributed by atoms with Crippen LogP contribution < -0.4 is 0 Å². The summed E-state index contributed by atoms with van der Waals surface area (Å²) < 4.78 is 2.21. The number of carbonyl (C=O) groups is 1. The third kappa shape index (κ3) is 2.11. The van der Waals surface area contributed by atoms with Crippen LogP contribution in [0.1, 0.15) is 38.3 Å². The fraction of sp³-hybridized carbons (Fsp3) is 0.375. The molecule has 0 radical (unpaired) electrons. The Balaban J connectivity index is 1.93. The van der Waals surface area contributed by atoms with Gasteiger partial charge >= 0.3 is 5.97 Å². The molecule has 0 spiro atoms. The summed E-state index contributed by atoms with van der Waals surface area (Å²) in [5, 5.41) is 9.26. The molecule has 1 fully saturated rings. The number of carboxylic acids is 1. The Labute approximate surface area is 118 Å². The highest BCUT2D eigenvalue weighted by molar-refractivity contribution is 5.80. The predicted octanol–water partition coefficient (Wildman–Crippen LogP) is 3.25. The standard InChI is InChI=1S/C16H18N2O2/c1-16(2,15(19)20)12-5-3-11(4-6-12)14-9-17-10-18(14)13-7-8-13/h3-6,9-10,13H,7-8H2,1-2H3,(H,19,20). The van der Waals surface area contributed by atoms with Gasteiger partial charge in [0.1, 0.15) is 0 Å². The van der Waals surface area contributed by atoms with Gasteiger partial charge in [0.25, 0.3) is 0 Å². The molecule has 3 rings (SSSR count). The molecule has 4 heteroatoms. The van der Waals surface area contributed by atoms with E-state index in [9.17, 15) is 9.90 Å². The van der Waals surface area contributed by atoms with E-state index < -0.39 is 11.4 Å². The molecule has 1 aliphatic rings. The van der Waals surface area contributed by atoms with Crippen LogP contribution in [0.5, 0.6) is 0 Å². The van der Waals surface area contributed by atoms with Crippen molar-refractivity contribution in [3.63, 3.8) is 0 Å². The number of carboxylic acid groups (broad SMARTS) is 1. The smallest absolute Gasteiger partial charge is 0.313 e. The minimum absolute atomic E-state index is 0.586. The fourth-order valence-corrected chi connectivity index (χ4v) is 2.35. The van der Waals surface area contributed by atoms with Crippen LogP contribution in [0.4, 0.5) is 0 Å². The van der Waals surface area contributed by atoms with Gasteiger partial charge in [0.05, 0.1) is 23.6 Å². The number of nitrogens with zero attached hydrogens (tertiary/aromatic N) is 2. The zero-order valence-electron chi connectivity index (χ0n) is 11.7. The minimum Gasteiger partial charge on any atom is -0.481 e. The second-order valence-corrected chi connectivity index (χ2v) is 5.92. The largest absolute Gasteiger partial charge is 0.481 e. The van der Waals surface area contributed by atoms with Gasteiger partial charge in [-0.3, -0.25) is 4.79 Å². The Morgan fingerprint density at radius 2 is 1.95 bits per heavy atom. The molecule has 0 atom stereocenters. The van der Waals surface area contributed by atoms with Crippen LogP contribution in [0.25, 0.3) is 11.3 Å². The molecule has 1 aliphatic carbocycles. The summed E-state index contributed by atoms with van der Waals surface area (Å²) >= 11 is 0. The van der Waals surface area contributed by atoms with Gasteiger partial charge in [-0.1, -0.05) is 24.3 Å². The molecule has 1 saturated carbocycles. The monoisotopic (exact) mass is 270 g/mol. The molecule has 104 valence electrons. The molecule has 1 heterocycles. The number of hydrogen-bond donors (Lipinski definition) is 1. The average Bonchev–Trinajstić information content (AvgIpc) is 3.16. The van der Waals surface area contributed by atoms with Crippen LogP contribution >= 0.6 is 0 Å². The topological polar surface area (TPSA) is 55.1 Å². The number of rotatable bonds is 4. The van der Waals surface area contributed by atoms with Crippen LogP contribution in [0.2, 0.25) is 0 Å². The first-order valence-corrected chi connectivity index (χ1v) is 6.86. The van der Waals surface area contributed by atoms with Gasteiger partial charge in [-0.05, 0) is 37.8 Å². The zero-order chi connectivity index (χ0) is 14.3. The summed E-state index contributed by atoms with van der Waals surface area (Å²) in [6, 6.07) is 8.34. The minimum atomic E-state index is -0.866. The van der Waals surface area contributed by atoms with Crippen molar-refractivity contribution in [2.45, 2.75) is 38.1 Å². The molecule has 20 heavy (non-hydrogen) atoms. The Morgan fingerprint density at radius 3 is 2.50 bits per heavy atom. The molecule has 0 unspecified atom stereocenters. The Hall–Kier alpha value is -2.10. The van der Waals surface area contributed by atoms with E-state index in [1.54, 1.807) is 13.8 Å². The van der Waals surface area contributed by atoms with Crippen molar-refractivity contribution in [1.29, 1.82) is 0 Å². The van der Waals surface area contributed by atoms with Crippen LogP contribution in [0.3, 0.4) is 0 Å². The number of imidazole rings is 1.